The number of nitrogens with zero attached hydrogens (tertiary/aromatic N) is 1. The fraction of sp³-hybridized carbons (Fsp3) is 0.667. The van der Waals surface area contributed by atoms with Crippen LogP contribution < -0.4 is 0 Å². The lowest BCUT2D eigenvalue weighted by molar-refractivity contribution is -0.120. The van der Waals surface area contributed by atoms with E-state index in [0.717, 1.165) is 11.5 Å². The molecule has 0 radical (unpaired) electrons. The van der Waals surface area contributed by atoms with Crippen LogP contribution in [-0.4, -0.2) is 17.3 Å². The fourth-order valence-electron chi connectivity index (χ4n) is 0.674. The number of rotatable bonds is 1. The molecule has 0 aliphatic carbocycles. The van der Waals surface area contributed by atoms with Gasteiger partial charge in [0.05, 0.1) is 5.41 Å². The van der Waals surface area contributed by atoms with Gasteiger partial charge in [0.15, 0.2) is 0 Å². The molecule has 0 bridgehead atoms. The Bertz CT molecular complexity index is 178. The van der Waals surface area contributed by atoms with E-state index in [1.165, 1.54) is 0 Å². The molecule has 0 spiro atoms. The van der Waals surface area contributed by atoms with E-state index in [9.17, 15) is 4.79 Å². The monoisotopic (exact) mass is 141 g/mol. The Morgan fingerprint density at radius 3 is 2.44 bits per heavy atom. The number of Topliss-reactive ketones (excluding diaryl/α,β-unsaturated/α-hetero) is 1. The number of hydrogen-bond acceptors (Lipinski definition) is 3. The summed E-state index contributed by atoms with van der Waals surface area (Å²) in [5, 5.41) is 8.23. The largest absolute Gasteiger partial charge is 0.282 e. The van der Waals surface area contributed by atoms with Crippen LogP contribution in [0.3, 0.4) is 0 Å². The second-order valence-corrected chi connectivity index (χ2v) is 3.48. The first-order valence-corrected chi connectivity index (χ1v) is 3.87. The van der Waals surface area contributed by atoms with Gasteiger partial charge in [-0.05, 0) is 6.92 Å². The highest BCUT2D eigenvalue weighted by Gasteiger charge is 2.39. The molecule has 0 aromatic carbocycles. The number of nitriles is 1. The van der Waals surface area contributed by atoms with E-state index < -0.39 is 0 Å². The maximum absolute atomic E-state index is 10.7. The van der Waals surface area contributed by atoms with Crippen molar-refractivity contribution < 1.29 is 4.79 Å². The van der Waals surface area contributed by atoms with Gasteiger partial charge >= 0.3 is 0 Å². The molecule has 0 aromatic heterocycles. The molecule has 1 heterocycles. The minimum Gasteiger partial charge on any atom is -0.282 e. The maximum Gasteiger partial charge on any atom is 0.239 e. The van der Waals surface area contributed by atoms with Crippen molar-refractivity contribution in [3.05, 3.63) is 0 Å². The molecule has 0 unspecified atom stereocenters. The molecule has 0 N–H and O–H groups in total. The molecule has 1 aliphatic heterocycles. The van der Waals surface area contributed by atoms with E-state index >= 15 is 0 Å². The maximum atomic E-state index is 10.7. The zero-order valence-electron chi connectivity index (χ0n) is 5.18. The third-order valence-corrected chi connectivity index (χ3v) is 3.17. The highest BCUT2D eigenvalue weighted by Crippen LogP contribution is 2.37. The minimum atomic E-state index is -0.306. The van der Waals surface area contributed by atoms with E-state index in [1.54, 1.807) is 17.8 Å². The number of thioether (sulfide) groups is 1. The van der Waals surface area contributed by atoms with Crippen molar-refractivity contribution in [3.63, 3.8) is 0 Å². The van der Waals surface area contributed by atoms with Gasteiger partial charge < -0.3 is 0 Å². The van der Waals surface area contributed by atoms with Crippen LogP contribution in [0.15, 0.2) is 0 Å². The lowest BCUT2D eigenvalue weighted by atomic mass is 9.90. The van der Waals surface area contributed by atoms with Crippen LogP contribution in [0.1, 0.15) is 6.92 Å². The smallest absolute Gasteiger partial charge is 0.239 e. The second-order valence-electron chi connectivity index (χ2n) is 2.49. The summed E-state index contributed by atoms with van der Waals surface area (Å²) >= 11 is 1.72. The van der Waals surface area contributed by atoms with Crippen LogP contribution in [0.4, 0.5) is 0 Å². The fourth-order valence-corrected chi connectivity index (χ4v) is 1.75. The number of hydrogen-bond donors (Lipinski definition) is 0. The summed E-state index contributed by atoms with van der Waals surface area (Å²) in [5.41, 5.74) is -0.306. The first-order valence-electron chi connectivity index (χ1n) is 2.71. The van der Waals surface area contributed by atoms with Gasteiger partial charge in [-0.1, -0.05) is 0 Å². The van der Waals surface area contributed by atoms with Crippen molar-refractivity contribution in [2.75, 3.05) is 11.5 Å². The molecule has 1 rings (SSSR count). The zero-order chi connectivity index (χ0) is 6.91. The predicted octanol–water partition coefficient (Wildman–Crippen LogP) is 0.832. The number of ketones is 1. The topological polar surface area (TPSA) is 40.9 Å². The molecule has 48 valence electrons. The molecular formula is C6H7NOS. The average molecular weight is 141 g/mol. The second kappa shape index (κ2) is 2.03. The summed E-state index contributed by atoms with van der Waals surface area (Å²) in [6, 6.07) is 1.66. The molecule has 3 heteroatoms. The van der Waals surface area contributed by atoms with Gasteiger partial charge in [0.25, 0.3) is 0 Å². The van der Waals surface area contributed by atoms with Crippen LogP contribution in [0.2, 0.25) is 0 Å². The summed E-state index contributed by atoms with van der Waals surface area (Å²) < 4.78 is 0. The van der Waals surface area contributed by atoms with Crippen LogP contribution in [0, 0.1) is 16.7 Å². The van der Waals surface area contributed by atoms with Crippen LogP contribution in [0.25, 0.3) is 0 Å². The first-order chi connectivity index (χ1) is 4.19. The molecule has 0 amide bonds. The highest BCUT2D eigenvalue weighted by atomic mass is 32.2. The van der Waals surface area contributed by atoms with Gasteiger partial charge in [0.2, 0.25) is 5.78 Å². The summed E-state index contributed by atoms with van der Waals surface area (Å²) in [7, 11) is 0. The molecule has 1 saturated heterocycles. The van der Waals surface area contributed by atoms with Gasteiger partial charge in [-0.25, -0.2) is 0 Å². The Morgan fingerprint density at radius 1 is 1.78 bits per heavy atom. The van der Waals surface area contributed by atoms with E-state index in [0.29, 0.717) is 0 Å². The van der Waals surface area contributed by atoms with Crippen molar-refractivity contribution in [2.24, 2.45) is 5.41 Å². The molecule has 0 atom stereocenters. The molecule has 9 heavy (non-hydrogen) atoms. The summed E-state index contributed by atoms with van der Waals surface area (Å²) in [5.74, 6) is 1.37. The summed E-state index contributed by atoms with van der Waals surface area (Å²) in [6.07, 6.45) is 0. The van der Waals surface area contributed by atoms with Crippen LogP contribution in [-0.2, 0) is 4.79 Å². The predicted molar refractivity (Wildman–Crippen MR) is 36.1 cm³/mol. The zero-order valence-corrected chi connectivity index (χ0v) is 5.99. The van der Waals surface area contributed by atoms with Crippen LogP contribution >= 0.6 is 11.8 Å². The number of carbonyl (C=O) groups excluding carboxylic acids is 1. The standard InChI is InChI=1S/C6H7NOS/c1-6(3-9-4-6)5(8)2-7/h3-4H2,1H3. The Morgan fingerprint density at radius 2 is 2.33 bits per heavy atom. The quantitative estimate of drug-likeness (QED) is 0.508. The molecule has 2 nitrogen and oxygen atoms in total. The minimum absolute atomic E-state index is 0.263. The Balaban J connectivity index is 2.62. The SMILES string of the molecule is CC1(C(=O)C#N)CSC1. The van der Waals surface area contributed by atoms with Gasteiger partial charge in [-0.15, -0.1) is 0 Å². The lowest BCUT2D eigenvalue weighted by Crippen LogP contribution is -2.39. The normalized spacial score (nSPS) is 21.8. The molecule has 0 saturated carbocycles. The molecule has 1 aliphatic rings. The van der Waals surface area contributed by atoms with Gasteiger partial charge in [-0.2, -0.15) is 17.0 Å². The third-order valence-electron chi connectivity index (χ3n) is 1.49. The lowest BCUT2D eigenvalue weighted by Gasteiger charge is -2.33. The molecular weight excluding hydrogens is 134 g/mol. The number of carbonyl (C=O) groups is 1. The molecule has 0 aromatic rings. The van der Waals surface area contributed by atoms with E-state index in [1.807, 2.05) is 6.92 Å². The van der Waals surface area contributed by atoms with Crippen molar-refractivity contribution in [2.45, 2.75) is 6.92 Å². The summed E-state index contributed by atoms with van der Waals surface area (Å²) in [4.78, 5) is 10.7. The third kappa shape index (κ3) is 0.948. The van der Waals surface area contributed by atoms with Crippen molar-refractivity contribution >= 4 is 17.5 Å². The van der Waals surface area contributed by atoms with E-state index in [-0.39, 0.29) is 11.2 Å². The average Bonchev–Trinajstić information content (AvgIpc) is 1.81. The molecule has 1 fully saturated rings. The highest BCUT2D eigenvalue weighted by molar-refractivity contribution is 8.00. The van der Waals surface area contributed by atoms with Crippen molar-refractivity contribution in [1.29, 1.82) is 5.26 Å². The Hall–Kier alpha value is -0.490. The van der Waals surface area contributed by atoms with Gasteiger partial charge in [0, 0.05) is 11.5 Å². The van der Waals surface area contributed by atoms with Crippen molar-refractivity contribution in [3.8, 4) is 6.07 Å². The van der Waals surface area contributed by atoms with Crippen molar-refractivity contribution in [1.82, 2.24) is 0 Å². The Labute approximate surface area is 58.2 Å². The van der Waals surface area contributed by atoms with E-state index in [4.69, 9.17) is 5.26 Å². The van der Waals surface area contributed by atoms with Crippen LogP contribution in [0.5, 0.6) is 0 Å². The van der Waals surface area contributed by atoms with Gasteiger partial charge in [0.1, 0.15) is 6.07 Å². The van der Waals surface area contributed by atoms with E-state index in [2.05, 4.69) is 0 Å². The van der Waals surface area contributed by atoms with Gasteiger partial charge in [-0.3, -0.25) is 4.79 Å². The Kier molecular flexibility index (Phi) is 1.50. The summed E-state index contributed by atoms with van der Waals surface area (Å²) in [6.45, 7) is 1.84. The first kappa shape index (κ1) is 6.63.